The summed E-state index contributed by atoms with van der Waals surface area (Å²) in [6.07, 6.45) is 5.41. The lowest BCUT2D eigenvalue weighted by Crippen LogP contribution is -2.31. The summed E-state index contributed by atoms with van der Waals surface area (Å²) in [4.78, 5) is 1.30. The fraction of sp³-hybridized carbons (Fsp3) is 0.292. The Balaban J connectivity index is 1.68. The van der Waals surface area contributed by atoms with Crippen LogP contribution in [0.1, 0.15) is 34.5 Å². The molecule has 0 unspecified atom stereocenters. The fourth-order valence-corrected chi connectivity index (χ4v) is 7.66. The Labute approximate surface area is 202 Å². The smallest absolute Gasteiger partial charge is 0.265 e. The van der Waals surface area contributed by atoms with E-state index in [-0.39, 0.29) is 11.4 Å². The van der Waals surface area contributed by atoms with Gasteiger partial charge >= 0.3 is 0 Å². The molecule has 2 aromatic carbocycles. The molecule has 10 heteroatoms. The third kappa shape index (κ3) is 3.96. The molecular formula is C24H24N6O2S2. The van der Waals surface area contributed by atoms with Crippen LogP contribution in [0.3, 0.4) is 0 Å². The van der Waals surface area contributed by atoms with Gasteiger partial charge in [-0.15, -0.1) is 16.4 Å². The van der Waals surface area contributed by atoms with Crippen LogP contribution in [-0.2, 0) is 36.0 Å². The number of aromatic nitrogens is 3. The predicted octanol–water partition coefficient (Wildman–Crippen LogP) is 3.60. The lowest BCUT2D eigenvalue weighted by Gasteiger charge is -2.23. The molecule has 0 aliphatic heterocycles. The number of thiophene rings is 1. The molecule has 2 aromatic heterocycles. The summed E-state index contributed by atoms with van der Waals surface area (Å²) in [5.74, 6) is 0. The predicted molar refractivity (Wildman–Crippen MR) is 132 cm³/mol. The van der Waals surface area contributed by atoms with Crippen molar-refractivity contribution in [2.45, 2.75) is 43.7 Å². The molecule has 174 valence electrons. The van der Waals surface area contributed by atoms with Crippen molar-refractivity contribution in [2.75, 3.05) is 10.8 Å². The number of rotatable bonds is 7. The van der Waals surface area contributed by atoms with E-state index in [2.05, 4.69) is 16.4 Å². The number of nitrogens with two attached hydrogens (primary N) is 1. The highest BCUT2D eigenvalue weighted by atomic mass is 32.2. The summed E-state index contributed by atoms with van der Waals surface area (Å²) in [6, 6.07) is 15.0. The molecular weight excluding hydrogens is 468 g/mol. The Bertz CT molecular complexity index is 1490. The maximum atomic E-state index is 14.2. The fourth-order valence-electron chi connectivity index (χ4n) is 4.45. The van der Waals surface area contributed by atoms with Crippen molar-refractivity contribution >= 4 is 37.1 Å². The number of sulfonamides is 1. The Morgan fingerprint density at radius 2 is 1.94 bits per heavy atom. The van der Waals surface area contributed by atoms with E-state index in [1.807, 2.05) is 30.3 Å². The van der Waals surface area contributed by atoms with Crippen LogP contribution < -0.4 is 10.0 Å². The van der Waals surface area contributed by atoms with Crippen molar-refractivity contribution in [3.05, 3.63) is 70.4 Å². The van der Waals surface area contributed by atoms with Gasteiger partial charge in [-0.1, -0.05) is 41.6 Å². The van der Waals surface area contributed by atoms with Crippen molar-refractivity contribution in [1.82, 2.24) is 15.0 Å². The second kappa shape index (κ2) is 9.18. The minimum absolute atomic E-state index is 0.0236. The molecule has 1 aliphatic carbocycles. The first-order valence-electron chi connectivity index (χ1n) is 11.2. The number of benzene rings is 2. The highest BCUT2D eigenvalue weighted by Gasteiger charge is 2.33. The Morgan fingerprint density at radius 1 is 1.15 bits per heavy atom. The van der Waals surface area contributed by atoms with Gasteiger partial charge in [-0.3, -0.25) is 4.68 Å². The van der Waals surface area contributed by atoms with Gasteiger partial charge in [0.25, 0.3) is 10.0 Å². The first kappa shape index (κ1) is 22.5. The van der Waals surface area contributed by atoms with Gasteiger partial charge in [0.05, 0.1) is 29.7 Å². The third-order valence-electron chi connectivity index (χ3n) is 6.06. The molecule has 0 atom stereocenters. The van der Waals surface area contributed by atoms with Crippen LogP contribution in [0.15, 0.2) is 53.6 Å². The van der Waals surface area contributed by atoms with Crippen LogP contribution in [0.2, 0.25) is 0 Å². The number of anilines is 1. The number of nitriles is 1. The van der Waals surface area contributed by atoms with Crippen LogP contribution in [0.4, 0.5) is 5.00 Å². The molecule has 0 bridgehead atoms. The van der Waals surface area contributed by atoms with Gasteiger partial charge in [0.15, 0.2) is 0 Å². The van der Waals surface area contributed by atoms with Crippen molar-refractivity contribution in [3.8, 4) is 6.07 Å². The van der Waals surface area contributed by atoms with Crippen LogP contribution in [-0.4, -0.2) is 30.0 Å². The summed E-state index contributed by atoms with van der Waals surface area (Å²) in [7, 11) is -4.02. The molecule has 2 heterocycles. The first-order chi connectivity index (χ1) is 16.5. The molecule has 8 nitrogen and oxygen atoms in total. The number of nitrogens with zero attached hydrogens (tertiary/aromatic N) is 5. The first-order valence-corrected chi connectivity index (χ1v) is 13.4. The molecule has 0 saturated heterocycles. The Kier molecular flexibility index (Phi) is 6.08. The highest BCUT2D eigenvalue weighted by Crippen LogP contribution is 2.42. The van der Waals surface area contributed by atoms with E-state index in [0.717, 1.165) is 41.5 Å². The van der Waals surface area contributed by atoms with E-state index < -0.39 is 10.0 Å². The zero-order valence-corrected chi connectivity index (χ0v) is 20.1. The third-order valence-corrected chi connectivity index (χ3v) is 9.29. The van der Waals surface area contributed by atoms with Gasteiger partial charge in [0, 0.05) is 16.8 Å². The molecule has 1 aliphatic rings. The maximum Gasteiger partial charge on any atom is 0.265 e. The van der Waals surface area contributed by atoms with E-state index in [1.54, 1.807) is 23.0 Å². The Hall–Kier alpha value is -3.26. The summed E-state index contributed by atoms with van der Waals surface area (Å²) >= 11 is 1.41. The molecule has 0 spiro atoms. The summed E-state index contributed by atoms with van der Waals surface area (Å²) < 4.78 is 31.4. The van der Waals surface area contributed by atoms with E-state index in [0.29, 0.717) is 34.7 Å². The summed E-state index contributed by atoms with van der Waals surface area (Å²) in [6.45, 7) is 0.862. The van der Waals surface area contributed by atoms with Crippen LogP contribution in [0, 0.1) is 11.3 Å². The van der Waals surface area contributed by atoms with Gasteiger partial charge in [-0.25, -0.2) is 12.7 Å². The average Bonchev–Trinajstić information content (AvgIpc) is 3.46. The van der Waals surface area contributed by atoms with Crippen molar-refractivity contribution in [2.24, 2.45) is 5.73 Å². The second-order valence-corrected chi connectivity index (χ2v) is 11.2. The Morgan fingerprint density at radius 3 is 2.76 bits per heavy atom. The monoisotopic (exact) mass is 492 g/mol. The van der Waals surface area contributed by atoms with Crippen LogP contribution >= 0.6 is 11.3 Å². The highest BCUT2D eigenvalue weighted by molar-refractivity contribution is 7.93. The van der Waals surface area contributed by atoms with Crippen LogP contribution in [0.5, 0.6) is 0 Å². The summed E-state index contributed by atoms with van der Waals surface area (Å²) in [5, 5.41) is 20.2. The largest absolute Gasteiger partial charge is 0.329 e. The van der Waals surface area contributed by atoms with Crippen LogP contribution in [0.25, 0.3) is 10.8 Å². The van der Waals surface area contributed by atoms with Gasteiger partial charge < -0.3 is 5.73 Å². The number of aryl methyl sites for hydroxylation is 1. The quantitative estimate of drug-likeness (QED) is 0.421. The molecule has 0 radical (unpaired) electrons. The zero-order valence-electron chi connectivity index (χ0n) is 18.5. The summed E-state index contributed by atoms with van der Waals surface area (Å²) in [5.41, 5.74) is 7.56. The zero-order chi connectivity index (χ0) is 23.7. The van der Waals surface area contributed by atoms with Gasteiger partial charge in [-0.05, 0) is 42.7 Å². The molecule has 0 saturated carbocycles. The number of hydrogen-bond acceptors (Lipinski definition) is 7. The molecule has 5 rings (SSSR count). The molecule has 0 fully saturated rings. The standard InChI is InChI=1S/C24H24N6O2S2/c25-12-13-29-15-18(27-28-29)16-30(24-21(14-26)20-9-3-4-10-22(20)33-24)34(31,32)23-11-5-7-17-6-1-2-8-19(17)23/h1-2,5-8,11,15H,3-4,9-10,12-13,16,25H2. The molecule has 4 aromatic rings. The van der Waals surface area contributed by atoms with Gasteiger partial charge in [0.2, 0.25) is 0 Å². The van der Waals surface area contributed by atoms with E-state index in [4.69, 9.17) is 5.73 Å². The van der Waals surface area contributed by atoms with Gasteiger partial charge in [-0.2, -0.15) is 5.26 Å². The number of fused-ring (bicyclic) bond motifs is 2. The SMILES string of the molecule is N#Cc1c(N(Cc2cn(CCN)nn2)S(=O)(=O)c2cccc3ccccc23)sc2c1CCCC2. The lowest BCUT2D eigenvalue weighted by atomic mass is 9.96. The van der Waals surface area contributed by atoms with Crippen molar-refractivity contribution in [3.63, 3.8) is 0 Å². The normalized spacial score (nSPS) is 13.5. The second-order valence-electron chi connectivity index (χ2n) is 8.25. The minimum Gasteiger partial charge on any atom is -0.329 e. The van der Waals surface area contributed by atoms with Gasteiger partial charge in [0.1, 0.15) is 16.8 Å². The van der Waals surface area contributed by atoms with E-state index in [1.165, 1.54) is 15.6 Å². The number of hydrogen-bond donors (Lipinski definition) is 1. The lowest BCUT2D eigenvalue weighted by molar-refractivity contribution is 0.591. The topological polar surface area (TPSA) is 118 Å². The van der Waals surface area contributed by atoms with E-state index in [9.17, 15) is 13.7 Å². The van der Waals surface area contributed by atoms with Crippen molar-refractivity contribution in [1.29, 1.82) is 5.26 Å². The maximum absolute atomic E-state index is 14.2. The molecule has 0 amide bonds. The molecule has 34 heavy (non-hydrogen) atoms. The minimum atomic E-state index is -4.02. The average molecular weight is 493 g/mol. The van der Waals surface area contributed by atoms with E-state index >= 15 is 0 Å². The molecule has 2 N–H and O–H groups in total. The van der Waals surface area contributed by atoms with Crippen molar-refractivity contribution < 1.29 is 8.42 Å².